The standard InChI is InChI=1S/C15H22N2O2S/c1-13-8-10-15(11-9-13)20(18,19)17-16-12-14-6-4-2-3-5-7-14/h8-12,14,17H,2-7H2,1H3/b16-12+. The third kappa shape index (κ3) is 4.34. The molecular weight excluding hydrogens is 272 g/mol. The van der Waals surface area contributed by atoms with Crippen molar-refractivity contribution in [3.8, 4) is 0 Å². The summed E-state index contributed by atoms with van der Waals surface area (Å²) in [6.45, 7) is 1.92. The van der Waals surface area contributed by atoms with Gasteiger partial charge < -0.3 is 0 Å². The second kappa shape index (κ2) is 6.88. The summed E-state index contributed by atoms with van der Waals surface area (Å²) in [5.41, 5.74) is 1.03. The van der Waals surface area contributed by atoms with E-state index in [1.165, 1.54) is 25.7 Å². The van der Waals surface area contributed by atoms with E-state index in [4.69, 9.17) is 0 Å². The van der Waals surface area contributed by atoms with Gasteiger partial charge >= 0.3 is 0 Å². The predicted molar refractivity (Wildman–Crippen MR) is 81.2 cm³/mol. The van der Waals surface area contributed by atoms with Crippen molar-refractivity contribution >= 4 is 16.2 Å². The largest absolute Gasteiger partial charge is 0.276 e. The minimum Gasteiger partial charge on any atom is -0.200 e. The van der Waals surface area contributed by atoms with E-state index in [2.05, 4.69) is 9.93 Å². The summed E-state index contributed by atoms with van der Waals surface area (Å²) in [4.78, 5) is 2.56. The maximum absolute atomic E-state index is 12.0. The molecule has 1 aromatic carbocycles. The van der Waals surface area contributed by atoms with Gasteiger partial charge in [0.2, 0.25) is 0 Å². The molecule has 0 aromatic heterocycles. The quantitative estimate of drug-likeness (QED) is 0.526. The number of nitrogens with zero attached hydrogens (tertiary/aromatic N) is 1. The Morgan fingerprint density at radius 2 is 1.70 bits per heavy atom. The van der Waals surface area contributed by atoms with Crippen LogP contribution in [0.5, 0.6) is 0 Å². The van der Waals surface area contributed by atoms with E-state index in [1.807, 2.05) is 6.92 Å². The van der Waals surface area contributed by atoms with Crippen molar-refractivity contribution in [2.45, 2.75) is 50.3 Å². The fourth-order valence-corrected chi connectivity index (χ4v) is 3.23. The van der Waals surface area contributed by atoms with E-state index in [1.54, 1.807) is 30.5 Å². The monoisotopic (exact) mass is 294 g/mol. The van der Waals surface area contributed by atoms with Crippen molar-refractivity contribution in [2.24, 2.45) is 11.0 Å². The van der Waals surface area contributed by atoms with E-state index >= 15 is 0 Å². The highest BCUT2D eigenvalue weighted by Crippen LogP contribution is 2.21. The second-order valence-corrected chi connectivity index (χ2v) is 7.10. The molecule has 5 heteroatoms. The van der Waals surface area contributed by atoms with Crippen LogP contribution < -0.4 is 4.83 Å². The van der Waals surface area contributed by atoms with Gasteiger partial charge in [0, 0.05) is 6.21 Å². The van der Waals surface area contributed by atoms with Gasteiger partial charge in [-0.2, -0.15) is 13.5 Å². The van der Waals surface area contributed by atoms with Gasteiger partial charge in [0.25, 0.3) is 10.0 Å². The lowest BCUT2D eigenvalue weighted by atomic mass is 10.0. The molecule has 1 N–H and O–H groups in total. The lowest BCUT2D eigenvalue weighted by Gasteiger charge is -2.07. The first-order valence-electron chi connectivity index (χ1n) is 7.19. The van der Waals surface area contributed by atoms with E-state index in [0.717, 1.165) is 18.4 Å². The van der Waals surface area contributed by atoms with Crippen LogP contribution in [0.4, 0.5) is 0 Å². The van der Waals surface area contributed by atoms with Crippen LogP contribution in [0.25, 0.3) is 0 Å². The molecule has 0 unspecified atom stereocenters. The van der Waals surface area contributed by atoms with Crippen LogP contribution in [-0.2, 0) is 10.0 Å². The Bertz CT molecular complexity index is 542. The number of benzene rings is 1. The highest BCUT2D eigenvalue weighted by molar-refractivity contribution is 7.89. The van der Waals surface area contributed by atoms with Gasteiger partial charge in [-0.05, 0) is 37.8 Å². The first kappa shape index (κ1) is 15.0. The van der Waals surface area contributed by atoms with E-state index < -0.39 is 10.0 Å². The molecule has 4 nitrogen and oxygen atoms in total. The lowest BCUT2D eigenvalue weighted by Crippen LogP contribution is -2.19. The van der Waals surface area contributed by atoms with Crippen LogP contribution in [0, 0.1) is 12.8 Å². The SMILES string of the molecule is Cc1ccc(S(=O)(=O)N/N=C/C2CCCCCC2)cc1. The van der Waals surface area contributed by atoms with Crippen LogP contribution in [0.15, 0.2) is 34.3 Å². The smallest absolute Gasteiger partial charge is 0.200 e. The van der Waals surface area contributed by atoms with Crippen LogP contribution in [0.2, 0.25) is 0 Å². The molecule has 0 heterocycles. The van der Waals surface area contributed by atoms with Crippen LogP contribution >= 0.6 is 0 Å². The topological polar surface area (TPSA) is 58.5 Å². The molecule has 1 fully saturated rings. The zero-order chi connectivity index (χ0) is 14.4. The molecular formula is C15H22N2O2S. The van der Waals surface area contributed by atoms with Crippen LogP contribution in [0.1, 0.15) is 44.1 Å². The molecule has 1 aromatic rings. The molecule has 1 aliphatic carbocycles. The maximum atomic E-state index is 12.0. The molecule has 0 atom stereocenters. The maximum Gasteiger partial charge on any atom is 0.276 e. The van der Waals surface area contributed by atoms with Crippen LogP contribution in [-0.4, -0.2) is 14.6 Å². The van der Waals surface area contributed by atoms with E-state index in [0.29, 0.717) is 5.92 Å². The molecule has 0 radical (unpaired) electrons. The Morgan fingerprint density at radius 1 is 1.10 bits per heavy atom. The molecule has 0 spiro atoms. The van der Waals surface area contributed by atoms with Gasteiger partial charge in [-0.1, -0.05) is 43.4 Å². The average molecular weight is 294 g/mol. The molecule has 1 saturated carbocycles. The zero-order valence-electron chi connectivity index (χ0n) is 11.9. The Hall–Kier alpha value is -1.36. The van der Waals surface area contributed by atoms with Gasteiger partial charge in [-0.15, -0.1) is 0 Å². The first-order chi connectivity index (χ1) is 9.58. The number of aryl methyl sites for hydroxylation is 1. The molecule has 0 aliphatic heterocycles. The lowest BCUT2D eigenvalue weighted by molar-refractivity contribution is 0.580. The summed E-state index contributed by atoms with van der Waals surface area (Å²) in [7, 11) is -3.53. The Morgan fingerprint density at radius 3 is 2.30 bits per heavy atom. The van der Waals surface area contributed by atoms with Crippen molar-refractivity contribution in [3.63, 3.8) is 0 Å². The minimum absolute atomic E-state index is 0.251. The molecule has 0 amide bonds. The molecule has 110 valence electrons. The van der Waals surface area contributed by atoms with Crippen molar-refractivity contribution in [3.05, 3.63) is 29.8 Å². The third-order valence-electron chi connectivity index (χ3n) is 3.69. The Labute approximate surface area is 121 Å². The summed E-state index contributed by atoms with van der Waals surface area (Å²) < 4.78 is 24.1. The molecule has 2 rings (SSSR count). The van der Waals surface area contributed by atoms with Gasteiger partial charge in [-0.3, -0.25) is 0 Å². The number of hydrogen-bond acceptors (Lipinski definition) is 3. The van der Waals surface area contributed by atoms with Crippen molar-refractivity contribution in [1.82, 2.24) is 4.83 Å². The van der Waals surface area contributed by atoms with Crippen molar-refractivity contribution < 1.29 is 8.42 Å². The summed E-state index contributed by atoms with van der Waals surface area (Å²) in [6.07, 6.45) is 8.95. The first-order valence-corrected chi connectivity index (χ1v) is 8.68. The number of hydrazone groups is 1. The van der Waals surface area contributed by atoms with Gasteiger partial charge in [-0.25, -0.2) is 4.83 Å². The average Bonchev–Trinajstić information content (AvgIpc) is 2.68. The zero-order valence-corrected chi connectivity index (χ0v) is 12.7. The highest BCUT2D eigenvalue weighted by Gasteiger charge is 2.13. The number of hydrogen-bond donors (Lipinski definition) is 1. The van der Waals surface area contributed by atoms with Crippen molar-refractivity contribution in [1.29, 1.82) is 0 Å². The molecule has 0 saturated heterocycles. The van der Waals surface area contributed by atoms with E-state index in [9.17, 15) is 8.42 Å². The summed E-state index contributed by atoms with van der Waals surface area (Å²) >= 11 is 0. The fraction of sp³-hybridized carbons (Fsp3) is 0.533. The molecule has 20 heavy (non-hydrogen) atoms. The Balaban J connectivity index is 1.96. The number of rotatable bonds is 4. The summed E-state index contributed by atoms with van der Waals surface area (Å²) in [5, 5.41) is 3.94. The predicted octanol–water partition coefficient (Wildman–Crippen LogP) is 3.23. The molecule has 1 aliphatic rings. The van der Waals surface area contributed by atoms with E-state index in [-0.39, 0.29) is 4.90 Å². The van der Waals surface area contributed by atoms with Crippen molar-refractivity contribution in [2.75, 3.05) is 0 Å². The minimum atomic E-state index is -3.53. The third-order valence-corrected chi connectivity index (χ3v) is 4.93. The normalized spacial score (nSPS) is 18.1. The number of sulfonamides is 1. The van der Waals surface area contributed by atoms with Gasteiger partial charge in [0.1, 0.15) is 0 Å². The van der Waals surface area contributed by atoms with Crippen LogP contribution in [0.3, 0.4) is 0 Å². The van der Waals surface area contributed by atoms with Gasteiger partial charge in [0.15, 0.2) is 0 Å². The Kier molecular flexibility index (Phi) is 5.17. The summed E-state index contributed by atoms with van der Waals surface area (Å²) in [6, 6.07) is 6.75. The second-order valence-electron chi connectivity index (χ2n) is 5.44. The highest BCUT2D eigenvalue weighted by atomic mass is 32.2. The summed E-state index contributed by atoms with van der Waals surface area (Å²) in [5.74, 6) is 0.401. The fourth-order valence-electron chi connectivity index (χ4n) is 2.44. The molecule has 0 bridgehead atoms. The number of nitrogens with one attached hydrogen (secondary N) is 1. The van der Waals surface area contributed by atoms with Gasteiger partial charge in [0.05, 0.1) is 4.90 Å².